The fraction of sp³-hybridized carbons (Fsp3) is 0.667. The van der Waals surface area contributed by atoms with E-state index >= 15 is 0 Å². The van der Waals surface area contributed by atoms with E-state index in [1.807, 2.05) is 0 Å². The Kier molecular flexibility index (Phi) is 5.27. The molecular weight excluding hydrogens is 375 g/mol. The summed E-state index contributed by atoms with van der Waals surface area (Å²) in [5.74, 6) is -2.84. The van der Waals surface area contributed by atoms with E-state index in [1.165, 1.54) is 12.1 Å². The minimum Gasteiger partial charge on any atom is -0.314 e. The van der Waals surface area contributed by atoms with Crippen LogP contribution in [0.15, 0.2) is 24.3 Å². The van der Waals surface area contributed by atoms with Gasteiger partial charge in [0.15, 0.2) is 0 Å². The average molecular weight is 397 g/mol. The molecule has 1 aromatic rings. The second-order valence-electron chi connectivity index (χ2n) is 7.58. The third kappa shape index (κ3) is 3.58. The fourth-order valence-electron chi connectivity index (χ4n) is 4.75. The summed E-state index contributed by atoms with van der Waals surface area (Å²) < 4.78 is 65.5. The molecule has 2 bridgehead atoms. The van der Waals surface area contributed by atoms with Crippen molar-refractivity contribution in [2.45, 2.75) is 55.9 Å². The number of alkyl halides is 5. The average Bonchev–Trinajstić information content (AvgIpc) is 2.75. The molecule has 26 heavy (non-hydrogen) atoms. The second-order valence-corrected chi connectivity index (χ2v) is 7.58. The first-order valence-electron chi connectivity index (χ1n) is 8.78. The van der Waals surface area contributed by atoms with Crippen LogP contribution in [0, 0.1) is 5.92 Å². The van der Waals surface area contributed by atoms with E-state index in [-0.39, 0.29) is 49.3 Å². The summed E-state index contributed by atoms with van der Waals surface area (Å²) in [5.41, 5.74) is 0.0320. The van der Waals surface area contributed by atoms with Gasteiger partial charge in [-0.15, -0.1) is 12.4 Å². The van der Waals surface area contributed by atoms with Crippen molar-refractivity contribution in [3.05, 3.63) is 35.4 Å². The molecule has 0 spiro atoms. The van der Waals surface area contributed by atoms with Crippen LogP contribution in [-0.2, 0) is 6.18 Å². The molecule has 1 aliphatic carbocycles. The predicted molar refractivity (Wildman–Crippen MR) is 90.6 cm³/mol. The zero-order chi connectivity index (χ0) is 17.8. The van der Waals surface area contributed by atoms with Gasteiger partial charge in [0.05, 0.1) is 5.56 Å². The van der Waals surface area contributed by atoms with Gasteiger partial charge in [-0.1, -0.05) is 12.1 Å². The van der Waals surface area contributed by atoms with Crippen LogP contribution in [0.3, 0.4) is 0 Å². The topological polar surface area (TPSA) is 15.3 Å². The molecule has 3 atom stereocenters. The maximum absolute atomic E-state index is 13.5. The lowest BCUT2D eigenvalue weighted by Crippen LogP contribution is -2.56. The van der Waals surface area contributed by atoms with E-state index in [0.29, 0.717) is 0 Å². The normalized spacial score (nSPS) is 29.7. The molecule has 0 radical (unpaired) electrons. The number of nitrogens with one attached hydrogen (secondary N) is 1. The Morgan fingerprint density at radius 3 is 2.00 bits per heavy atom. The van der Waals surface area contributed by atoms with E-state index in [4.69, 9.17) is 0 Å². The highest BCUT2D eigenvalue weighted by atomic mass is 35.5. The SMILES string of the molecule is Cl.FC1(F)CC(C(c2ccc(C(F)(F)F)cc2)N2[C@@H]3CC[C@H]2CNC3)C1. The van der Waals surface area contributed by atoms with Gasteiger partial charge in [0, 0.05) is 44.1 Å². The van der Waals surface area contributed by atoms with Crippen LogP contribution < -0.4 is 5.32 Å². The largest absolute Gasteiger partial charge is 0.416 e. The lowest BCUT2D eigenvalue weighted by atomic mass is 9.73. The maximum atomic E-state index is 13.5. The van der Waals surface area contributed by atoms with Crippen LogP contribution in [0.25, 0.3) is 0 Å². The van der Waals surface area contributed by atoms with Gasteiger partial charge in [-0.3, -0.25) is 4.90 Å². The van der Waals surface area contributed by atoms with E-state index in [2.05, 4.69) is 10.2 Å². The summed E-state index contributed by atoms with van der Waals surface area (Å²) in [6, 6.07) is 5.44. The Morgan fingerprint density at radius 1 is 1.00 bits per heavy atom. The number of fused-ring (bicyclic) bond motifs is 2. The van der Waals surface area contributed by atoms with Gasteiger partial charge in [0.25, 0.3) is 0 Å². The molecule has 1 unspecified atom stereocenters. The van der Waals surface area contributed by atoms with Gasteiger partial charge in [0.2, 0.25) is 5.92 Å². The van der Waals surface area contributed by atoms with Crippen LogP contribution in [0.1, 0.15) is 42.9 Å². The molecule has 2 aliphatic heterocycles. The number of benzene rings is 1. The highest BCUT2D eigenvalue weighted by Crippen LogP contribution is 2.52. The van der Waals surface area contributed by atoms with E-state index < -0.39 is 17.7 Å². The molecule has 1 N–H and O–H groups in total. The van der Waals surface area contributed by atoms with Gasteiger partial charge >= 0.3 is 6.18 Å². The Hall–Kier alpha value is -0.920. The molecule has 2 saturated heterocycles. The Labute approximate surface area is 155 Å². The number of rotatable bonds is 3. The smallest absolute Gasteiger partial charge is 0.314 e. The van der Waals surface area contributed by atoms with Gasteiger partial charge in [-0.25, -0.2) is 8.78 Å². The Morgan fingerprint density at radius 2 is 1.54 bits per heavy atom. The predicted octanol–water partition coefficient (Wildman–Crippen LogP) is 4.65. The molecule has 4 rings (SSSR count). The lowest BCUT2D eigenvalue weighted by Gasteiger charge is -2.49. The van der Waals surface area contributed by atoms with Crippen molar-refractivity contribution in [3.8, 4) is 0 Å². The summed E-state index contributed by atoms with van der Waals surface area (Å²) in [5, 5.41) is 3.36. The van der Waals surface area contributed by atoms with Crippen molar-refractivity contribution in [3.63, 3.8) is 0 Å². The fourth-order valence-corrected chi connectivity index (χ4v) is 4.75. The molecule has 8 heteroatoms. The van der Waals surface area contributed by atoms with Gasteiger partial charge < -0.3 is 5.32 Å². The summed E-state index contributed by atoms with van der Waals surface area (Å²) in [6.07, 6.45) is -2.72. The third-order valence-electron chi connectivity index (χ3n) is 5.91. The first-order valence-corrected chi connectivity index (χ1v) is 8.78. The standard InChI is InChI=1S/C18H21F5N2.ClH/c19-17(20)7-12(8-17)16(25-14-5-6-15(25)10-24-9-14)11-1-3-13(4-2-11)18(21,22)23;/h1-4,12,14-16,24H,5-10H2;1H/t14-,15+,16?;. The van der Waals surface area contributed by atoms with Crippen LogP contribution in [0.4, 0.5) is 22.0 Å². The van der Waals surface area contributed by atoms with Gasteiger partial charge in [-0.05, 0) is 36.5 Å². The highest BCUT2D eigenvalue weighted by molar-refractivity contribution is 5.85. The number of hydrogen-bond donors (Lipinski definition) is 1. The molecule has 146 valence electrons. The molecule has 3 aliphatic rings. The minimum atomic E-state index is -4.38. The summed E-state index contributed by atoms with van der Waals surface area (Å²) >= 11 is 0. The summed E-state index contributed by atoms with van der Waals surface area (Å²) in [4.78, 5) is 2.30. The first-order chi connectivity index (χ1) is 11.7. The van der Waals surface area contributed by atoms with E-state index in [0.717, 1.165) is 43.6 Å². The molecule has 0 aromatic heterocycles. The lowest BCUT2D eigenvalue weighted by molar-refractivity contribution is -0.138. The van der Waals surface area contributed by atoms with E-state index in [1.54, 1.807) is 0 Å². The number of piperazine rings is 1. The van der Waals surface area contributed by atoms with Crippen molar-refractivity contribution in [2.75, 3.05) is 13.1 Å². The molecule has 3 fully saturated rings. The molecule has 2 nitrogen and oxygen atoms in total. The number of nitrogens with zero attached hydrogens (tertiary/aromatic N) is 1. The first kappa shape index (κ1) is 19.8. The molecule has 1 aromatic carbocycles. The number of halogens is 6. The monoisotopic (exact) mass is 396 g/mol. The van der Waals surface area contributed by atoms with Gasteiger partial charge in [-0.2, -0.15) is 13.2 Å². The Balaban J connectivity index is 0.00000196. The van der Waals surface area contributed by atoms with Gasteiger partial charge in [0.1, 0.15) is 0 Å². The van der Waals surface area contributed by atoms with Crippen molar-refractivity contribution in [2.24, 2.45) is 5.92 Å². The van der Waals surface area contributed by atoms with Crippen molar-refractivity contribution in [1.82, 2.24) is 10.2 Å². The second kappa shape index (κ2) is 6.91. The van der Waals surface area contributed by atoms with Crippen molar-refractivity contribution in [1.29, 1.82) is 0 Å². The number of hydrogen-bond acceptors (Lipinski definition) is 2. The van der Waals surface area contributed by atoms with Crippen LogP contribution in [0.2, 0.25) is 0 Å². The quantitative estimate of drug-likeness (QED) is 0.748. The third-order valence-corrected chi connectivity index (χ3v) is 5.91. The van der Waals surface area contributed by atoms with Crippen molar-refractivity contribution < 1.29 is 22.0 Å². The van der Waals surface area contributed by atoms with E-state index in [9.17, 15) is 22.0 Å². The van der Waals surface area contributed by atoms with Crippen LogP contribution in [-0.4, -0.2) is 36.0 Å². The molecule has 1 saturated carbocycles. The zero-order valence-corrected chi connectivity index (χ0v) is 14.9. The zero-order valence-electron chi connectivity index (χ0n) is 14.1. The molecular formula is C18H22ClF5N2. The summed E-state index contributed by atoms with van der Waals surface area (Å²) in [7, 11) is 0. The highest BCUT2D eigenvalue weighted by Gasteiger charge is 2.53. The maximum Gasteiger partial charge on any atom is 0.416 e. The molecule has 2 heterocycles. The van der Waals surface area contributed by atoms with Crippen LogP contribution in [0.5, 0.6) is 0 Å². The Bertz CT molecular complexity index is 609. The summed E-state index contributed by atoms with van der Waals surface area (Å²) in [6.45, 7) is 1.63. The minimum absolute atomic E-state index is 0. The molecule has 0 amide bonds. The van der Waals surface area contributed by atoms with Crippen LogP contribution >= 0.6 is 12.4 Å². The van der Waals surface area contributed by atoms with Crippen molar-refractivity contribution >= 4 is 12.4 Å².